The summed E-state index contributed by atoms with van der Waals surface area (Å²) in [6, 6.07) is 18.7. The molecule has 8 heteroatoms. The summed E-state index contributed by atoms with van der Waals surface area (Å²) < 4.78 is 16.0. The number of carbonyl (C=O) groups excluding carboxylic acids is 3. The zero-order valence-corrected chi connectivity index (χ0v) is 18.9. The molecule has 3 amide bonds. The number of imide groups is 1. The number of carbonyl (C=O) groups is 3. The van der Waals surface area contributed by atoms with Crippen molar-refractivity contribution in [2.75, 3.05) is 32.8 Å². The van der Waals surface area contributed by atoms with Gasteiger partial charge in [0.1, 0.15) is 6.61 Å². The summed E-state index contributed by atoms with van der Waals surface area (Å²) >= 11 is 0. The molecule has 1 aliphatic rings. The van der Waals surface area contributed by atoms with Gasteiger partial charge >= 0.3 is 0 Å². The minimum Gasteiger partial charge on any atom is -0.493 e. The Balaban J connectivity index is 1.47. The van der Waals surface area contributed by atoms with Gasteiger partial charge in [-0.25, -0.2) is 0 Å². The van der Waals surface area contributed by atoms with Crippen LogP contribution in [0.1, 0.15) is 36.6 Å². The van der Waals surface area contributed by atoms with E-state index < -0.39 is 0 Å². The van der Waals surface area contributed by atoms with Crippen LogP contribution in [0.5, 0.6) is 11.5 Å². The molecule has 3 aromatic rings. The van der Waals surface area contributed by atoms with Crippen LogP contribution >= 0.6 is 0 Å². The SMILES string of the molecule is COCCOc1cc(NC(=O)c2cccc(CN3C(=O)c4ccccc4C3=O)c2)ccc1OC. The van der Waals surface area contributed by atoms with Crippen LogP contribution in [0.25, 0.3) is 0 Å². The first-order valence-corrected chi connectivity index (χ1v) is 10.7. The van der Waals surface area contributed by atoms with Gasteiger partial charge < -0.3 is 19.5 Å². The van der Waals surface area contributed by atoms with Gasteiger partial charge in [0.05, 0.1) is 31.4 Å². The molecule has 0 spiro atoms. The molecule has 1 aliphatic heterocycles. The second kappa shape index (κ2) is 10.2. The fourth-order valence-electron chi connectivity index (χ4n) is 3.68. The van der Waals surface area contributed by atoms with Crippen LogP contribution < -0.4 is 14.8 Å². The smallest absolute Gasteiger partial charge is 0.261 e. The number of nitrogens with zero attached hydrogens (tertiary/aromatic N) is 1. The summed E-state index contributed by atoms with van der Waals surface area (Å²) in [6.45, 7) is 0.831. The van der Waals surface area contributed by atoms with E-state index in [-0.39, 0.29) is 24.3 Å². The summed E-state index contributed by atoms with van der Waals surface area (Å²) in [5.41, 5.74) is 2.38. The lowest BCUT2D eigenvalue weighted by Gasteiger charge is -2.15. The molecule has 0 saturated carbocycles. The van der Waals surface area contributed by atoms with E-state index in [9.17, 15) is 14.4 Å². The van der Waals surface area contributed by atoms with Gasteiger partial charge in [-0.05, 0) is 42.0 Å². The Morgan fingerprint density at radius 3 is 2.26 bits per heavy atom. The number of amides is 3. The highest BCUT2D eigenvalue weighted by Gasteiger charge is 2.35. The normalized spacial score (nSPS) is 12.5. The molecule has 0 aliphatic carbocycles. The minimum atomic E-state index is -0.338. The molecule has 0 fully saturated rings. The Bertz CT molecular complexity index is 1200. The highest BCUT2D eigenvalue weighted by atomic mass is 16.5. The van der Waals surface area contributed by atoms with E-state index >= 15 is 0 Å². The van der Waals surface area contributed by atoms with Gasteiger partial charge in [-0.2, -0.15) is 0 Å². The van der Waals surface area contributed by atoms with Crippen molar-refractivity contribution in [1.29, 1.82) is 0 Å². The van der Waals surface area contributed by atoms with Crippen LogP contribution in [0.15, 0.2) is 66.7 Å². The van der Waals surface area contributed by atoms with Crippen molar-refractivity contribution < 1.29 is 28.6 Å². The van der Waals surface area contributed by atoms with E-state index in [4.69, 9.17) is 14.2 Å². The van der Waals surface area contributed by atoms with E-state index in [1.165, 1.54) is 12.0 Å². The number of hydrogen-bond donors (Lipinski definition) is 1. The molecule has 1 N–H and O–H groups in total. The minimum absolute atomic E-state index is 0.0769. The maximum absolute atomic E-state index is 12.9. The average Bonchev–Trinajstić information content (AvgIpc) is 3.09. The predicted molar refractivity (Wildman–Crippen MR) is 125 cm³/mol. The Labute approximate surface area is 197 Å². The molecule has 0 atom stereocenters. The van der Waals surface area contributed by atoms with E-state index in [2.05, 4.69) is 5.32 Å². The third-order valence-corrected chi connectivity index (χ3v) is 5.37. The van der Waals surface area contributed by atoms with Gasteiger partial charge in [0.25, 0.3) is 17.7 Å². The van der Waals surface area contributed by atoms with Gasteiger partial charge in [-0.3, -0.25) is 19.3 Å². The fourth-order valence-corrected chi connectivity index (χ4v) is 3.68. The first-order chi connectivity index (χ1) is 16.5. The third kappa shape index (κ3) is 4.77. The van der Waals surface area contributed by atoms with E-state index in [0.29, 0.717) is 52.7 Å². The topological polar surface area (TPSA) is 94.2 Å². The van der Waals surface area contributed by atoms with Crippen LogP contribution in [0.2, 0.25) is 0 Å². The summed E-state index contributed by atoms with van der Waals surface area (Å²) in [5, 5.41) is 2.84. The van der Waals surface area contributed by atoms with Gasteiger partial charge in [0.2, 0.25) is 0 Å². The standard InChI is InChI=1S/C26H24N2O6/c1-32-12-13-34-23-15-19(10-11-22(23)33-2)27-24(29)18-7-5-6-17(14-18)16-28-25(30)20-8-3-4-9-21(20)26(28)31/h3-11,14-15H,12-13,16H2,1-2H3,(H,27,29). The Hall–Kier alpha value is -4.17. The molecule has 174 valence electrons. The molecule has 1 heterocycles. The molecular formula is C26H24N2O6. The highest BCUT2D eigenvalue weighted by molar-refractivity contribution is 6.21. The maximum Gasteiger partial charge on any atom is 0.261 e. The predicted octanol–water partition coefficient (Wildman–Crippen LogP) is 3.77. The molecule has 3 aromatic carbocycles. The largest absolute Gasteiger partial charge is 0.493 e. The summed E-state index contributed by atoms with van der Waals surface area (Å²) in [5.74, 6) is 0.00960. The summed E-state index contributed by atoms with van der Waals surface area (Å²) in [4.78, 5) is 39.4. The van der Waals surface area contributed by atoms with Crippen LogP contribution in [0, 0.1) is 0 Å². The van der Waals surface area contributed by atoms with Crippen molar-refractivity contribution in [3.05, 3.63) is 89.0 Å². The number of anilines is 1. The van der Waals surface area contributed by atoms with Gasteiger partial charge in [0, 0.05) is 24.4 Å². The third-order valence-electron chi connectivity index (χ3n) is 5.37. The Kier molecular flexibility index (Phi) is 6.89. The molecule has 0 aromatic heterocycles. The Morgan fingerprint density at radius 2 is 1.59 bits per heavy atom. The number of benzene rings is 3. The summed E-state index contributed by atoms with van der Waals surface area (Å²) in [7, 11) is 3.12. The van der Waals surface area contributed by atoms with Crippen molar-refractivity contribution in [1.82, 2.24) is 4.90 Å². The molecule has 34 heavy (non-hydrogen) atoms. The van der Waals surface area contributed by atoms with Crippen molar-refractivity contribution in [2.24, 2.45) is 0 Å². The molecule has 4 rings (SSSR count). The number of rotatable bonds is 9. The number of ether oxygens (including phenoxy) is 3. The second-order valence-corrected chi connectivity index (χ2v) is 7.60. The number of methoxy groups -OCH3 is 2. The van der Waals surface area contributed by atoms with Crippen LogP contribution in [0.3, 0.4) is 0 Å². The van der Waals surface area contributed by atoms with Crippen molar-refractivity contribution in [3.8, 4) is 11.5 Å². The monoisotopic (exact) mass is 460 g/mol. The molecule has 8 nitrogen and oxygen atoms in total. The van der Waals surface area contributed by atoms with Crippen LogP contribution in [0.4, 0.5) is 5.69 Å². The quantitative estimate of drug-likeness (QED) is 0.386. The molecule has 0 saturated heterocycles. The lowest BCUT2D eigenvalue weighted by atomic mass is 10.1. The summed E-state index contributed by atoms with van der Waals surface area (Å²) in [6.07, 6.45) is 0. The molecular weight excluding hydrogens is 436 g/mol. The zero-order chi connectivity index (χ0) is 24.1. The lowest BCUT2D eigenvalue weighted by Crippen LogP contribution is -2.29. The first kappa shape index (κ1) is 23.0. The highest BCUT2D eigenvalue weighted by Crippen LogP contribution is 2.30. The fraction of sp³-hybridized carbons (Fsp3) is 0.192. The second-order valence-electron chi connectivity index (χ2n) is 7.60. The molecule has 0 bridgehead atoms. The number of fused-ring (bicyclic) bond motifs is 1. The first-order valence-electron chi connectivity index (χ1n) is 10.7. The van der Waals surface area contributed by atoms with Gasteiger partial charge in [0.15, 0.2) is 11.5 Å². The van der Waals surface area contributed by atoms with Gasteiger partial charge in [-0.15, -0.1) is 0 Å². The van der Waals surface area contributed by atoms with Crippen LogP contribution in [-0.2, 0) is 11.3 Å². The lowest BCUT2D eigenvalue weighted by molar-refractivity contribution is 0.0642. The number of nitrogens with one attached hydrogen (secondary N) is 1. The molecule has 0 unspecified atom stereocenters. The molecule has 0 radical (unpaired) electrons. The average molecular weight is 460 g/mol. The zero-order valence-electron chi connectivity index (χ0n) is 18.9. The maximum atomic E-state index is 12.9. The van der Waals surface area contributed by atoms with E-state index in [0.717, 1.165) is 0 Å². The van der Waals surface area contributed by atoms with E-state index in [1.54, 1.807) is 73.8 Å². The van der Waals surface area contributed by atoms with E-state index in [1.807, 2.05) is 0 Å². The van der Waals surface area contributed by atoms with Crippen molar-refractivity contribution in [2.45, 2.75) is 6.54 Å². The number of hydrogen-bond acceptors (Lipinski definition) is 6. The van der Waals surface area contributed by atoms with Crippen molar-refractivity contribution in [3.63, 3.8) is 0 Å². The van der Waals surface area contributed by atoms with Crippen LogP contribution in [-0.4, -0.2) is 50.1 Å². The van der Waals surface area contributed by atoms with Crippen molar-refractivity contribution >= 4 is 23.4 Å². The Morgan fingerprint density at radius 1 is 0.853 bits per heavy atom. The van der Waals surface area contributed by atoms with Gasteiger partial charge in [-0.1, -0.05) is 24.3 Å².